The Labute approximate surface area is 143 Å². The van der Waals surface area contributed by atoms with Crippen molar-refractivity contribution in [3.8, 4) is 16.9 Å². The summed E-state index contributed by atoms with van der Waals surface area (Å²) in [6.45, 7) is 0. The Morgan fingerprint density at radius 1 is 1.12 bits per heavy atom. The third-order valence-corrected chi connectivity index (χ3v) is 4.79. The number of methoxy groups -OCH3 is 1. The summed E-state index contributed by atoms with van der Waals surface area (Å²) in [5.74, 6) is 2.39. The lowest BCUT2D eigenvalue weighted by atomic mass is 10.1. The highest BCUT2D eigenvalue weighted by atomic mass is 32.1. The van der Waals surface area contributed by atoms with Crippen LogP contribution < -0.4 is 9.64 Å². The summed E-state index contributed by atoms with van der Waals surface area (Å²) in [6.07, 6.45) is 3.24. The summed E-state index contributed by atoms with van der Waals surface area (Å²) < 4.78 is 10.7. The van der Waals surface area contributed by atoms with Gasteiger partial charge in [-0.05, 0) is 23.8 Å². The molecule has 0 amide bonds. The maximum Gasteiger partial charge on any atom is 0.200 e. The Hall–Kier alpha value is -2.86. The maximum atomic E-state index is 5.50. The van der Waals surface area contributed by atoms with E-state index < -0.39 is 0 Å². The summed E-state index contributed by atoms with van der Waals surface area (Å²) >= 11 is 1.61. The van der Waals surface area contributed by atoms with Crippen molar-refractivity contribution >= 4 is 33.3 Å². The number of hydrogen-bond acceptors (Lipinski definition) is 6. The number of anilines is 2. The summed E-state index contributed by atoms with van der Waals surface area (Å²) in [4.78, 5) is 11.8. The van der Waals surface area contributed by atoms with E-state index >= 15 is 0 Å². The van der Waals surface area contributed by atoms with Crippen molar-refractivity contribution in [2.75, 3.05) is 19.1 Å². The van der Waals surface area contributed by atoms with Crippen LogP contribution in [0.2, 0.25) is 0 Å². The van der Waals surface area contributed by atoms with Gasteiger partial charge in [0.1, 0.15) is 22.7 Å². The zero-order chi connectivity index (χ0) is 16.5. The van der Waals surface area contributed by atoms with Crippen LogP contribution in [0, 0.1) is 0 Å². The molecule has 0 aliphatic carbocycles. The average Bonchev–Trinajstić information content (AvgIpc) is 3.30. The first kappa shape index (κ1) is 14.7. The molecular weight excluding hydrogens is 322 g/mol. The van der Waals surface area contributed by atoms with Gasteiger partial charge in [-0.25, -0.2) is 9.97 Å². The molecule has 0 saturated heterocycles. The molecule has 0 spiro atoms. The molecule has 0 saturated carbocycles. The number of ether oxygens (including phenoxy) is 1. The van der Waals surface area contributed by atoms with Gasteiger partial charge in [-0.1, -0.05) is 12.1 Å². The predicted octanol–water partition coefficient (Wildman–Crippen LogP) is 4.73. The summed E-state index contributed by atoms with van der Waals surface area (Å²) in [6, 6.07) is 11.8. The van der Waals surface area contributed by atoms with Crippen LogP contribution in [0.4, 0.5) is 11.7 Å². The largest absolute Gasteiger partial charge is 0.497 e. The predicted molar refractivity (Wildman–Crippen MR) is 96.2 cm³/mol. The first-order chi connectivity index (χ1) is 11.8. The lowest BCUT2D eigenvalue weighted by Crippen LogP contribution is -2.10. The van der Waals surface area contributed by atoms with Gasteiger partial charge in [0.05, 0.1) is 18.8 Å². The lowest BCUT2D eigenvalue weighted by molar-refractivity contribution is 0.415. The molecule has 0 radical (unpaired) electrons. The summed E-state index contributed by atoms with van der Waals surface area (Å²) in [5, 5.41) is 3.13. The Kier molecular flexibility index (Phi) is 3.66. The van der Waals surface area contributed by atoms with Gasteiger partial charge in [0, 0.05) is 24.1 Å². The highest BCUT2D eigenvalue weighted by Crippen LogP contribution is 2.39. The molecule has 3 aromatic heterocycles. The highest BCUT2D eigenvalue weighted by Gasteiger charge is 2.17. The smallest absolute Gasteiger partial charge is 0.200 e. The van der Waals surface area contributed by atoms with E-state index in [9.17, 15) is 0 Å². The van der Waals surface area contributed by atoms with Crippen LogP contribution >= 0.6 is 11.3 Å². The summed E-state index contributed by atoms with van der Waals surface area (Å²) in [5.41, 5.74) is 2.21. The van der Waals surface area contributed by atoms with Crippen LogP contribution in [0.15, 0.2) is 58.8 Å². The molecule has 0 atom stereocenters. The molecule has 0 bridgehead atoms. The molecule has 0 unspecified atom stereocenters. The molecule has 6 heteroatoms. The van der Waals surface area contributed by atoms with E-state index in [0.717, 1.165) is 38.8 Å². The van der Waals surface area contributed by atoms with Gasteiger partial charge in [0.2, 0.25) is 5.88 Å². The molecule has 4 rings (SSSR count). The molecule has 0 aliphatic rings. The van der Waals surface area contributed by atoms with E-state index in [0.29, 0.717) is 0 Å². The lowest BCUT2D eigenvalue weighted by Gasteiger charge is -2.16. The van der Waals surface area contributed by atoms with E-state index in [1.807, 2.05) is 48.3 Å². The van der Waals surface area contributed by atoms with Gasteiger partial charge in [0.25, 0.3) is 0 Å². The quantitative estimate of drug-likeness (QED) is 0.539. The van der Waals surface area contributed by atoms with Crippen molar-refractivity contribution in [3.63, 3.8) is 0 Å². The van der Waals surface area contributed by atoms with Crippen molar-refractivity contribution in [2.24, 2.45) is 0 Å². The maximum absolute atomic E-state index is 5.50. The minimum atomic E-state index is 0.738. The van der Waals surface area contributed by atoms with Crippen LogP contribution in [0.5, 0.6) is 5.75 Å². The van der Waals surface area contributed by atoms with Crippen molar-refractivity contribution in [3.05, 3.63) is 54.4 Å². The van der Waals surface area contributed by atoms with E-state index in [2.05, 4.69) is 15.3 Å². The van der Waals surface area contributed by atoms with Crippen molar-refractivity contribution in [1.82, 2.24) is 9.97 Å². The minimum absolute atomic E-state index is 0.738. The molecule has 0 aliphatic heterocycles. The topological polar surface area (TPSA) is 51.4 Å². The molecular formula is C18H15N3O2S. The van der Waals surface area contributed by atoms with Gasteiger partial charge >= 0.3 is 0 Å². The SMILES string of the molecule is COc1ccc(-c2csc3ncnc(N(C)c4ccco4)c23)cc1. The van der Waals surface area contributed by atoms with Crippen molar-refractivity contribution < 1.29 is 9.15 Å². The summed E-state index contributed by atoms with van der Waals surface area (Å²) in [7, 11) is 3.61. The molecule has 1 aromatic carbocycles. The zero-order valence-electron chi connectivity index (χ0n) is 13.3. The van der Waals surface area contributed by atoms with Crippen LogP contribution in [-0.2, 0) is 0 Å². The Morgan fingerprint density at radius 2 is 1.96 bits per heavy atom. The fourth-order valence-electron chi connectivity index (χ4n) is 2.66. The molecule has 0 fully saturated rings. The highest BCUT2D eigenvalue weighted by molar-refractivity contribution is 7.17. The number of thiophene rings is 1. The number of fused-ring (bicyclic) bond motifs is 1. The molecule has 0 N–H and O–H groups in total. The Morgan fingerprint density at radius 3 is 2.67 bits per heavy atom. The first-order valence-corrected chi connectivity index (χ1v) is 8.30. The standard InChI is InChI=1S/C18H15N3O2S/c1-21(15-4-3-9-23-15)17-16-14(10-24-18(16)20-11-19-17)12-5-7-13(22-2)8-6-12/h3-11H,1-2H3. The van der Waals surface area contributed by atoms with Crippen LogP contribution in [0.1, 0.15) is 0 Å². The number of aromatic nitrogens is 2. The Balaban J connectivity index is 1.88. The second kappa shape index (κ2) is 5.98. The van der Waals surface area contributed by atoms with E-state index in [-0.39, 0.29) is 0 Å². The van der Waals surface area contributed by atoms with E-state index in [1.54, 1.807) is 31.0 Å². The van der Waals surface area contributed by atoms with Gasteiger partial charge in [-0.2, -0.15) is 0 Å². The van der Waals surface area contributed by atoms with Gasteiger partial charge < -0.3 is 9.15 Å². The van der Waals surface area contributed by atoms with Crippen molar-refractivity contribution in [2.45, 2.75) is 0 Å². The number of hydrogen-bond donors (Lipinski definition) is 0. The fourth-order valence-corrected chi connectivity index (χ4v) is 3.57. The normalized spacial score (nSPS) is 10.9. The van der Waals surface area contributed by atoms with E-state index in [1.165, 1.54) is 0 Å². The second-order valence-corrected chi connectivity index (χ2v) is 6.12. The monoisotopic (exact) mass is 337 g/mol. The average molecular weight is 337 g/mol. The molecule has 4 aromatic rings. The fraction of sp³-hybridized carbons (Fsp3) is 0.111. The minimum Gasteiger partial charge on any atom is -0.497 e. The zero-order valence-corrected chi connectivity index (χ0v) is 14.1. The number of rotatable bonds is 4. The number of benzene rings is 1. The third-order valence-electron chi connectivity index (χ3n) is 3.91. The van der Waals surface area contributed by atoms with Gasteiger partial charge in [-0.3, -0.25) is 4.90 Å². The van der Waals surface area contributed by atoms with Crippen molar-refractivity contribution in [1.29, 1.82) is 0 Å². The number of nitrogens with zero attached hydrogens (tertiary/aromatic N) is 3. The van der Waals surface area contributed by atoms with Gasteiger partial charge in [0.15, 0.2) is 0 Å². The molecule has 3 heterocycles. The van der Waals surface area contributed by atoms with Crippen LogP contribution in [-0.4, -0.2) is 24.1 Å². The van der Waals surface area contributed by atoms with E-state index in [4.69, 9.17) is 9.15 Å². The van der Waals surface area contributed by atoms with Gasteiger partial charge in [-0.15, -0.1) is 11.3 Å². The molecule has 24 heavy (non-hydrogen) atoms. The molecule has 5 nitrogen and oxygen atoms in total. The first-order valence-electron chi connectivity index (χ1n) is 7.42. The van der Waals surface area contributed by atoms with Crippen LogP contribution in [0.3, 0.4) is 0 Å². The third kappa shape index (κ3) is 2.41. The number of furan rings is 1. The second-order valence-electron chi connectivity index (χ2n) is 5.27. The van der Waals surface area contributed by atoms with Crippen LogP contribution in [0.25, 0.3) is 21.3 Å². The Bertz CT molecular complexity index is 962. The molecule has 120 valence electrons.